The van der Waals surface area contributed by atoms with Gasteiger partial charge >= 0.3 is 6.08 Å². The summed E-state index contributed by atoms with van der Waals surface area (Å²) in [4.78, 5) is 0. The van der Waals surface area contributed by atoms with Crippen molar-refractivity contribution in [2.45, 2.75) is 33.1 Å². The quantitative estimate of drug-likeness (QED) is 0.347. The minimum absolute atomic E-state index is 0.164. The standard InChI is InChI=1S/C23H29N3O3P2/c1-15-7-9-18(12-20(15)30)27-14-17(3)24-11-5-4-6-22-25-26-23(29-22)28-19-10-8-16(2)21(31)13-19/h7-10,12-13,24H,3-6,11,14,30-31H2,1-2H3. The second-order valence-corrected chi connectivity index (χ2v) is 8.62. The third kappa shape index (κ3) is 7.34. The van der Waals surface area contributed by atoms with Gasteiger partial charge in [0, 0.05) is 18.7 Å². The van der Waals surface area contributed by atoms with E-state index >= 15 is 0 Å². The van der Waals surface area contributed by atoms with Crippen LogP contribution in [0, 0.1) is 13.8 Å². The lowest BCUT2D eigenvalue weighted by molar-refractivity contribution is 0.316. The van der Waals surface area contributed by atoms with Crippen LogP contribution in [0.25, 0.3) is 0 Å². The van der Waals surface area contributed by atoms with Crippen molar-refractivity contribution in [3.8, 4) is 17.6 Å². The molecule has 1 aromatic heterocycles. The number of hydrogen-bond donors (Lipinski definition) is 1. The third-order valence-electron chi connectivity index (χ3n) is 4.76. The Labute approximate surface area is 188 Å². The van der Waals surface area contributed by atoms with Crippen molar-refractivity contribution in [1.29, 1.82) is 0 Å². The normalized spacial score (nSPS) is 10.7. The average molecular weight is 457 g/mol. The second kappa shape index (κ2) is 11.3. The smallest absolute Gasteiger partial charge is 0.420 e. The zero-order valence-electron chi connectivity index (χ0n) is 18.0. The molecule has 2 unspecified atom stereocenters. The highest BCUT2D eigenvalue weighted by Crippen LogP contribution is 2.21. The van der Waals surface area contributed by atoms with E-state index in [0.717, 1.165) is 41.4 Å². The highest BCUT2D eigenvalue weighted by atomic mass is 31.0. The van der Waals surface area contributed by atoms with Crippen LogP contribution in [0.4, 0.5) is 0 Å². The predicted molar refractivity (Wildman–Crippen MR) is 131 cm³/mol. The van der Waals surface area contributed by atoms with Gasteiger partial charge in [-0.05, 0) is 72.7 Å². The minimum Gasteiger partial charge on any atom is -0.487 e. The number of nitrogens with zero attached hydrogens (tertiary/aromatic N) is 2. The first-order valence-corrected chi connectivity index (χ1v) is 11.3. The van der Waals surface area contributed by atoms with Crippen molar-refractivity contribution < 1.29 is 13.9 Å². The monoisotopic (exact) mass is 457 g/mol. The number of ether oxygens (including phenoxy) is 2. The van der Waals surface area contributed by atoms with E-state index in [-0.39, 0.29) is 6.08 Å². The van der Waals surface area contributed by atoms with Gasteiger partial charge in [0.05, 0.1) is 0 Å². The largest absolute Gasteiger partial charge is 0.487 e. The van der Waals surface area contributed by atoms with Gasteiger partial charge in [0.1, 0.15) is 18.1 Å². The average Bonchev–Trinajstić information content (AvgIpc) is 3.18. The number of benzene rings is 2. The first-order valence-electron chi connectivity index (χ1n) is 10.2. The van der Waals surface area contributed by atoms with Gasteiger partial charge in [-0.2, -0.15) is 0 Å². The first-order chi connectivity index (χ1) is 14.9. The Hall–Kier alpha value is -2.42. The second-order valence-electron chi connectivity index (χ2n) is 7.38. The maximum Gasteiger partial charge on any atom is 0.420 e. The van der Waals surface area contributed by atoms with Crippen LogP contribution in [0.2, 0.25) is 0 Å². The number of aromatic nitrogens is 2. The van der Waals surface area contributed by atoms with Gasteiger partial charge in [-0.25, -0.2) is 0 Å². The summed E-state index contributed by atoms with van der Waals surface area (Å²) in [5.74, 6) is 2.09. The van der Waals surface area contributed by atoms with Crippen LogP contribution in [-0.2, 0) is 6.42 Å². The number of hydrogen-bond acceptors (Lipinski definition) is 6. The summed E-state index contributed by atoms with van der Waals surface area (Å²) in [6.45, 7) is 9.38. The molecule has 1 heterocycles. The van der Waals surface area contributed by atoms with Crippen molar-refractivity contribution in [2.24, 2.45) is 0 Å². The number of nitrogens with one attached hydrogen (secondary N) is 1. The SMILES string of the molecule is C=C(COc1ccc(C)c(P)c1)NCCCCc1nnc(Oc2ccc(C)c(P)c2)o1. The topological polar surface area (TPSA) is 69.4 Å². The fourth-order valence-corrected chi connectivity index (χ4v) is 3.28. The maximum atomic E-state index is 5.77. The molecule has 0 amide bonds. The van der Waals surface area contributed by atoms with Gasteiger partial charge < -0.3 is 19.2 Å². The Kier molecular flexibility index (Phi) is 8.45. The summed E-state index contributed by atoms with van der Waals surface area (Å²) in [6, 6.07) is 11.8. The van der Waals surface area contributed by atoms with Crippen molar-refractivity contribution in [3.63, 3.8) is 0 Å². The summed E-state index contributed by atoms with van der Waals surface area (Å²) < 4.78 is 17.0. The summed E-state index contributed by atoms with van der Waals surface area (Å²) in [6.07, 6.45) is 2.73. The zero-order chi connectivity index (χ0) is 22.2. The fraction of sp³-hybridized carbons (Fsp3) is 0.304. The van der Waals surface area contributed by atoms with E-state index in [1.807, 2.05) is 43.3 Å². The van der Waals surface area contributed by atoms with E-state index in [1.165, 1.54) is 11.1 Å². The molecule has 3 aromatic rings. The van der Waals surface area contributed by atoms with E-state index in [9.17, 15) is 0 Å². The Balaban J connectivity index is 1.32. The fourth-order valence-electron chi connectivity index (χ4n) is 2.76. The summed E-state index contributed by atoms with van der Waals surface area (Å²) >= 11 is 0. The van der Waals surface area contributed by atoms with Gasteiger partial charge in [-0.1, -0.05) is 23.8 Å². The molecule has 6 nitrogen and oxygen atoms in total. The molecular weight excluding hydrogens is 428 g/mol. The van der Waals surface area contributed by atoms with E-state index in [2.05, 4.69) is 47.5 Å². The lowest BCUT2D eigenvalue weighted by Gasteiger charge is -2.12. The van der Waals surface area contributed by atoms with Crippen LogP contribution in [0.3, 0.4) is 0 Å². The number of aryl methyl sites for hydroxylation is 3. The summed E-state index contributed by atoms with van der Waals surface area (Å²) in [5.41, 5.74) is 3.25. The molecule has 3 rings (SSSR count). The van der Waals surface area contributed by atoms with Gasteiger partial charge in [0.25, 0.3) is 0 Å². The van der Waals surface area contributed by atoms with Crippen molar-refractivity contribution >= 4 is 29.1 Å². The Bertz CT molecular complexity index is 1040. The molecule has 0 spiro atoms. The van der Waals surface area contributed by atoms with E-state index in [4.69, 9.17) is 13.9 Å². The van der Waals surface area contributed by atoms with E-state index in [1.54, 1.807) is 0 Å². The molecule has 2 atom stereocenters. The zero-order valence-corrected chi connectivity index (χ0v) is 20.3. The Morgan fingerprint density at radius 2 is 1.68 bits per heavy atom. The summed E-state index contributed by atoms with van der Waals surface area (Å²) in [5, 5.41) is 13.5. The molecule has 0 bridgehead atoms. The van der Waals surface area contributed by atoms with Gasteiger partial charge in [0.15, 0.2) is 0 Å². The molecule has 164 valence electrons. The predicted octanol–water partition coefficient (Wildman–Crippen LogP) is 3.98. The molecule has 8 heteroatoms. The maximum absolute atomic E-state index is 5.77. The molecule has 2 aromatic carbocycles. The highest BCUT2D eigenvalue weighted by Gasteiger charge is 2.09. The minimum atomic E-state index is 0.164. The number of rotatable bonds is 11. The van der Waals surface area contributed by atoms with Crippen LogP contribution in [-0.4, -0.2) is 23.3 Å². The summed E-state index contributed by atoms with van der Waals surface area (Å²) in [7, 11) is 5.40. The molecule has 0 saturated heterocycles. The molecule has 0 aliphatic carbocycles. The molecule has 0 fully saturated rings. The van der Waals surface area contributed by atoms with Crippen LogP contribution in [0.15, 0.2) is 53.1 Å². The Morgan fingerprint density at radius 1 is 1.00 bits per heavy atom. The molecule has 1 N–H and O–H groups in total. The van der Waals surface area contributed by atoms with E-state index in [0.29, 0.717) is 24.7 Å². The van der Waals surface area contributed by atoms with Gasteiger partial charge in [-0.3, -0.25) is 0 Å². The molecule has 31 heavy (non-hydrogen) atoms. The van der Waals surface area contributed by atoms with Crippen LogP contribution in [0.1, 0.15) is 29.9 Å². The van der Waals surface area contributed by atoms with Crippen molar-refractivity contribution in [2.75, 3.05) is 13.2 Å². The van der Waals surface area contributed by atoms with Crippen LogP contribution < -0.4 is 25.4 Å². The van der Waals surface area contributed by atoms with E-state index < -0.39 is 0 Å². The lowest BCUT2D eigenvalue weighted by Crippen LogP contribution is -2.19. The van der Waals surface area contributed by atoms with Gasteiger partial charge in [0.2, 0.25) is 5.89 Å². The first kappa shape index (κ1) is 23.2. The van der Waals surface area contributed by atoms with Crippen molar-refractivity contribution in [3.05, 3.63) is 65.7 Å². The van der Waals surface area contributed by atoms with Crippen molar-refractivity contribution in [1.82, 2.24) is 15.5 Å². The molecule has 0 aliphatic heterocycles. The third-order valence-corrected chi connectivity index (χ3v) is 6.00. The lowest BCUT2D eigenvalue weighted by atomic mass is 10.2. The highest BCUT2D eigenvalue weighted by molar-refractivity contribution is 7.27. The molecule has 0 aliphatic rings. The molecular formula is C23H29N3O3P2. The van der Waals surface area contributed by atoms with Crippen LogP contribution >= 0.6 is 18.5 Å². The van der Waals surface area contributed by atoms with Crippen LogP contribution in [0.5, 0.6) is 17.6 Å². The molecule has 0 saturated carbocycles. The molecule has 0 radical (unpaired) electrons. The Morgan fingerprint density at radius 3 is 2.39 bits per heavy atom. The van der Waals surface area contributed by atoms with Gasteiger partial charge in [-0.15, -0.1) is 23.6 Å². The number of unbranched alkanes of at least 4 members (excludes halogenated alkanes) is 1.